The van der Waals surface area contributed by atoms with Crippen molar-refractivity contribution >= 4 is 11.7 Å². The van der Waals surface area contributed by atoms with Crippen LogP contribution in [0.15, 0.2) is 24.3 Å². The van der Waals surface area contributed by atoms with Crippen LogP contribution < -0.4 is 0 Å². The number of aliphatic carboxylic acids is 1. The van der Waals surface area contributed by atoms with Gasteiger partial charge in [-0.15, -0.1) is 15.0 Å². The molecule has 0 saturated heterocycles. The van der Waals surface area contributed by atoms with Crippen LogP contribution in [0.1, 0.15) is 13.8 Å². The molecule has 1 aromatic heterocycles. The molecule has 2 aromatic rings. The number of benzene rings is 1. The Morgan fingerprint density at radius 3 is 2.45 bits per heavy atom. The van der Waals surface area contributed by atoms with E-state index < -0.39 is 16.4 Å². The lowest BCUT2D eigenvalue weighted by atomic mass is 10.1. The van der Waals surface area contributed by atoms with E-state index in [0.29, 0.717) is 5.56 Å². The van der Waals surface area contributed by atoms with Gasteiger partial charge in [0.15, 0.2) is 5.54 Å². The Bertz CT molecular complexity index is 662. The van der Waals surface area contributed by atoms with Crippen molar-refractivity contribution in [3.8, 4) is 11.4 Å². The van der Waals surface area contributed by atoms with Gasteiger partial charge in [0.2, 0.25) is 5.82 Å². The van der Waals surface area contributed by atoms with E-state index in [-0.39, 0.29) is 11.5 Å². The predicted molar refractivity (Wildman–Crippen MR) is 66.9 cm³/mol. The van der Waals surface area contributed by atoms with Crippen LogP contribution in [0.5, 0.6) is 0 Å². The van der Waals surface area contributed by atoms with Crippen molar-refractivity contribution in [2.45, 2.75) is 19.4 Å². The Balaban J connectivity index is 2.34. The first-order valence-corrected chi connectivity index (χ1v) is 5.61. The van der Waals surface area contributed by atoms with Crippen LogP contribution in [-0.4, -0.2) is 36.2 Å². The van der Waals surface area contributed by atoms with Crippen LogP contribution in [0.4, 0.5) is 5.69 Å². The number of aromatic nitrogens is 4. The lowest BCUT2D eigenvalue weighted by Crippen LogP contribution is -2.37. The molecule has 1 N–H and O–H groups in total. The first-order valence-electron chi connectivity index (χ1n) is 5.61. The number of hydrogen-bond acceptors (Lipinski definition) is 6. The Hall–Kier alpha value is -2.84. The molecule has 1 heterocycles. The number of nitro benzene ring substituents is 1. The number of tetrazole rings is 1. The summed E-state index contributed by atoms with van der Waals surface area (Å²) in [7, 11) is 0. The normalized spacial score (nSPS) is 11.3. The maximum atomic E-state index is 11.1. The van der Waals surface area contributed by atoms with Crippen LogP contribution in [-0.2, 0) is 10.3 Å². The van der Waals surface area contributed by atoms with Gasteiger partial charge in [0.1, 0.15) is 0 Å². The van der Waals surface area contributed by atoms with Gasteiger partial charge in [-0.25, -0.2) is 4.79 Å². The summed E-state index contributed by atoms with van der Waals surface area (Å²) in [6.07, 6.45) is 0. The second kappa shape index (κ2) is 4.68. The third-order valence-electron chi connectivity index (χ3n) is 2.77. The molecule has 0 fully saturated rings. The minimum Gasteiger partial charge on any atom is -0.479 e. The van der Waals surface area contributed by atoms with Crippen LogP contribution >= 0.6 is 0 Å². The van der Waals surface area contributed by atoms with Crippen molar-refractivity contribution in [1.82, 2.24) is 20.2 Å². The highest BCUT2D eigenvalue weighted by Gasteiger charge is 2.32. The van der Waals surface area contributed by atoms with Crippen LogP contribution in [0.2, 0.25) is 0 Å². The summed E-state index contributed by atoms with van der Waals surface area (Å²) in [6, 6.07) is 5.59. The van der Waals surface area contributed by atoms with Gasteiger partial charge >= 0.3 is 5.97 Å². The summed E-state index contributed by atoms with van der Waals surface area (Å²) in [6.45, 7) is 2.88. The fourth-order valence-corrected chi connectivity index (χ4v) is 1.38. The number of non-ortho nitro benzene ring substituents is 1. The number of carboxylic acid groups (broad SMARTS) is 1. The predicted octanol–water partition coefficient (Wildman–Crippen LogP) is 1.07. The number of hydrogen-bond donors (Lipinski definition) is 1. The van der Waals surface area contributed by atoms with Crippen molar-refractivity contribution in [2.75, 3.05) is 0 Å². The molecule has 0 aliphatic rings. The highest BCUT2D eigenvalue weighted by atomic mass is 16.6. The van der Waals surface area contributed by atoms with E-state index in [0.717, 1.165) is 4.80 Å². The number of rotatable bonds is 4. The Morgan fingerprint density at radius 1 is 1.35 bits per heavy atom. The van der Waals surface area contributed by atoms with Gasteiger partial charge in [-0.2, -0.15) is 0 Å². The molecule has 9 heteroatoms. The fraction of sp³-hybridized carbons (Fsp3) is 0.273. The molecular weight excluding hydrogens is 266 g/mol. The zero-order chi connectivity index (χ0) is 14.9. The third kappa shape index (κ3) is 2.32. The molecule has 0 amide bonds. The number of nitrogens with zero attached hydrogens (tertiary/aromatic N) is 5. The largest absolute Gasteiger partial charge is 0.479 e. The van der Waals surface area contributed by atoms with Crippen molar-refractivity contribution in [3.05, 3.63) is 34.4 Å². The van der Waals surface area contributed by atoms with E-state index in [1.165, 1.54) is 38.1 Å². The lowest BCUT2D eigenvalue weighted by Gasteiger charge is -2.16. The van der Waals surface area contributed by atoms with Crippen molar-refractivity contribution in [2.24, 2.45) is 0 Å². The second-order valence-corrected chi connectivity index (χ2v) is 4.57. The second-order valence-electron chi connectivity index (χ2n) is 4.57. The molecule has 0 aliphatic carbocycles. The fourth-order valence-electron chi connectivity index (χ4n) is 1.38. The lowest BCUT2D eigenvalue weighted by molar-refractivity contribution is -0.384. The molecular formula is C11H11N5O4. The van der Waals surface area contributed by atoms with Gasteiger partial charge in [-0.3, -0.25) is 10.1 Å². The topological polar surface area (TPSA) is 124 Å². The molecule has 0 spiro atoms. The van der Waals surface area contributed by atoms with Crippen LogP contribution in [0.25, 0.3) is 11.4 Å². The summed E-state index contributed by atoms with van der Waals surface area (Å²) in [5.41, 5.74) is -0.860. The average Bonchev–Trinajstić information content (AvgIpc) is 2.88. The molecule has 0 atom stereocenters. The standard InChI is InChI=1S/C11H11N5O4/c1-11(2,10(17)18)16-13-9(12-14-16)7-3-5-8(6-4-7)15(19)20/h3-6H,1-2H3,(H,17,18). The highest BCUT2D eigenvalue weighted by Crippen LogP contribution is 2.20. The average molecular weight is 277 g/mol. The van der Waals surface area contributed by atoms with Gasteiger partial charge in [-0.05, 0) is 31.2 Å². The quantitative estimate of drug-likeness (QED) is 0.654. The van der Waals surface area contributed by atoms with Crippen molar-refractivity contribution in [3.63, 3.8) is 0 Å². The number of nitro groups is 1. The number of carbonyl (C=O) groups is 1. The molecule has 9 nitrogen and oxygen atoms in total. The molecule has 2 rings (SSSR count). The third-order valence-corrected chi connectivity index (χ3v) is 2.77. The van der Waals surface area contributed by atoms with Crippen LogP contribution in [0.3, 0.4) is 0 Å². The maximum Gasteiger partial charge on any atom is 0.333 e. The molecule has 20 heavy (non-hydrogen) atoms. The zero-order valence-electron chi connectivity index (χ0n) is 10.7. The highest BCUT2D eigenvalue weighted by molar-refractivity contribution is 5.75. The van der Waals surface area contributed by atoms with Gasteiger partial charge in [0.05, 0.1) is 4.92 Å². The summed E-state index contributed by atoms with van der Waals surface area (Å²) in [4.78, 5) is 22.1. The maximum absolute atomic E-state index is 11.1. The van der Waals surface area contributed by atoms with Crippen LogP contribution in [0, 0.1) is 10.1 Å². The minimum atomic E-state index is -1.33. The molecule has 0 bridgehead atoms. The molecule has 0 unspecified atom stereocenters. The molecule has 0 aliphatic heterocycles. The SMILES string of the molecule is CC(C)(C(=O)O)n1nnc(-c2ccc([N+](=O)[O-])cc2)n1. The first kappa shape index (κ1) is 13.6. The summed E-state index contributed by atoms with van der Waals surface area (Å²) < 4.78 is 0. The first-order chi connectivity index (χ1) is 9.32. The zero-order valence-corrected chi connectivity index (χ0v) is 10.7. The van der Waals surface area contributed by atoms with E-state index in [1.54, 1.807) is 0 Å². The van der Waals surface area contributed by atoms with Crippen molar-refractivity contribution in [1.29, 1.82) is 0 Å². The van der Waals surface area contributed by atoms with E-state index in [2.05, 4.69) is 15.4 Å². The van der Waals surface area contributed by atoms with E-state index in [1.807, 2.05) is 0 Å². The molecule has 1 aromatic carbocycles. The Morgan fingerprint density at radius 2 is 1.95 bits per heavy atom. The van der Waals surface area contributed by atoms with E-state index in [4.69, 9.17) is 5.11 Å². The minimum absolute atomic E-state index is 0.0491. The Kier molecular flexibility index (Phi) is 3.18. The van der Waals surface area contributed by atoms with Gasteiger partial charge in [-0.1, -0.05) is 0 Å². The number of carboxylic acids is 1. The van der Waals surface area contributed by atoms with E-state index in [9.17, 15) is 14.9 Å². The molecule has 0 saturated carbocycles. The van der Waals surface area contributed by atoms with E-state index >= 15 is 0 Å². The summed E-state index contributed by atoms with van der Waals surface area (Å²) in [5.74, 6) is -0.889. The Labute approximate surface area is 113 Å². The van der Waals surface area contributed by atoms with Gasteiger partial charge in [0, 0.05) is 17.7 Å². The summed E-state index contributed by atoms with van der Waals surface area (Å²) >= 11 is 0. The smallest absolute Gasteiger partial charge is 0.333 e. The molecule has 0 radical (unpaired) electrons. The monoisotopic (exact) mass is 277 g/mol. The molecule has 104 valence electrons. The van der Waals surface area contributed by atoms with Gasteiger partial charge in [0.25, 0.3) is 5.69 Å². The van der Waals surface area contributed by atoms with Crippen molar-refractivity contribution < 1.29 is 14.8 Å². The summed E-state index contributed by atoms with van der Waals surface area (Å²) in [5, 5.41) is 31.1. The van der Waals surface area contributed by atoms with Gasteiger partial charge < -0.3 is 5.11 Å².